The summed E-state index contributed by atoms with van der Waals surface area (Å²) in [5.41, 5.74) is 2.03. The van der Waals surface area contributed by atoms with Crippen molar-refractivity contribution in [3.05, 3.63) is 54.1 Å². The van der Waals surface area contributed by atoms with E-state index >= 15 is 0 Å². The molecule has 0 aliphatic heterocycles. The lowest BCUT2D eigenvalue weighted by Crippen LogP contribution is -2.21. The number of aromatic nitrogens is 3. The van der Waals surface area contributed by atoms with Gasteiger partial charge in [0.25, 0.3) is 0 Å². The Morgan fingerprint density at radius 3 is 2.39 bits per heavy atom. The Morgan fingerprint density at radius 2 is 1.77 bits per heavy atom. The van der Waals surface area contributed by atoms with Crippen LogP contribution in [0.15, 0.2) is 47.6 Å². The van der Waals surface area contributed by atoms with Crippen LogP contribution in [0.3, 0.4) is 0 Å². The van der Waals surface area contributed by atoms with Crippen LogP contribution in [-0.2, 0) is 11.3 Å². The third kappa shape index (κ3) is 5.41. The average Bonchev–Trinajstić information content (AvgIpc) is 3.18. The molecule has 0 spiro atoms. The Labute approximate surface area is 184 Å². The van der Waals surface area contributed by atoms with Gasteiger partial charge in [0.1, 0.15) is 11.6 Å². The van der Waals surface area contributed by atoms with Crippen LogP contribution in [0.1, 0.15) is 20.8 Å². The van der Waals surface area contributed by atoms with Crippen LogP contribution in [0.25, 0.3) is 11.4 Å². The van der Waals surface area contributed by atoms with Crippen molar-refractivity contribution in [1.82, 2.24) is 14.8 Å². The molecule has 3 aromatic rings. The minimum atomic E-state index is -0.814. The first-order chi connectivity index (χ1) is 15.0. The van der Waals surface area contributed by atoms with Gasteiger partial charge in [-0.2, -0.15) is 0 Å². The maximum absolute atomic E-state index is 13.7. The predicted octanol–water partition coefficient (Wildman–Crippen LogP) is 4.82. The summed E-state index contributed by atoms with van der Waals surface area (Å²) in [5, 5.41) is 11.6. The second-order valence-corrected chi connectivity index (χ2v) is 7.67. The topological polar surface area (TPSA) is 63.1 Å². The number of hydrogen-bond donors (Lipinski definition) is 1. The summed E-state index contributed by atoms with van der Waals surface area (Å²) in [4.78, 5) is 14.5. The average molecular weight is 446 g/mol. The molecule has 31 heavy (non-hydrogen) atoms. The summed E-state index contributed by atoms with van der Waals surface area (Å²) in [7, 11) is 0. The van der Waals surface area contributed by atoms with Crippen LogP contribution < -0.4 is 10.2 Å². The van der Waals surface area contributed by atoms with Gasteiger partial charge in [0.2, 0.25) is 5.91 Å². The molecule has 0 aliphatic rings. The third-order valence-corrected chi connectivity index (χ3v) is 5.79. The van der Waals surface area contributed by atoms with Crippen LogP contribution in [0.5, 0.6) is 0 Å². The molecule has 164 valence electrons. The van der Waals surface area contributed by atoms with E-state index in [9.17, 15) is 13.6 Å². The second-order valence-electron chi connectivity index (χ2n) is 6.73. The molecule has 1 N–H and O–H groups in total. The van der Waals surface area contributed by atoms with Crippen molar-refractivity contribution in [2.24, 2.45) is 0 Å². The Balaban J connectivity index is 1.69. The molecular formula is C22H25F2N5OS. The number of carbonyl (C=O) groups excluding carboxylic acids is 1. The Bertz CT molecular complexity index is 1030. The first-order valence-corrected chi connectivity index (χ1v) is 11.1. The van der Waals surface area contributed by atoms with Gasteiger partial charge >= 0.3 is 0 Å². The number of benzene rings is 2. The van der Waals surface area contributed by atoms with Crippen molar-refractivity contribution >= 4 is 29.0 Å². The number of halogens is 2. The van der Waals surface area contributed by atoms with Gasteiger partial charge in [-0.05, 0) is 57.2 Å². The SMILES string of the molecule is CCN(CC)c1ccc(-c2nnc(SCC(=O)Nc3ccc(F)cc3F)n2CC)cc1. The van der Waals surface area contributed by atoms with Gasteiger partial charge in [-0.15, -0.1) is 10.2 Å². The van der Waals surface area contributed by atoms with Crippen molar-refractivity contribution in [1.29, 1.82) is 0 Å². The molecule has 0 fully saturated rings. The standard InChI is InChI=1S/C22H25F2N5OS/c1-4-28(5-2)17-10-7-15(8-11-17)21-26-27-22(29(21)6-3)31-14-20(30)25-19-12-9-16(23)13-18(19)24/h7-13H,4-6,14H2,1-3H3,(H,25,30). The van der Waals surface area contributed by atoms with Crippen LogP contribution in [0, 0.1) is 11.6 Å². The summed E-state index contributed by atoms with van der Waals surface area (Å²) in [6.45, 7) is 8.73. The summed E-state index contributed by atoms with van der Waals surface area (Å²) in [6.07, 6.45) is 0. The number of thioether (sulfide) groups is 1. The molecule has 0 bridgehead atoms. The van der Waals surface area contributed by atoms with Crippen molar-refractivity contribution in [3.63, 3.8) is 0 Å². The number of amides is 1. The lowest BCUT2D eigenvalue weighted by Gasteiger charge is -2.21. The molecule has 0 radical (unpaired) electrons. The molecule has 0 aliphatic carbocycles. The number of hydrogen-bond acceptors (Lipinski definition) is 5. The summed E-state index contributed by atoms with van der Waals surface area (Å²) >= 11 is 1.21. The number of rotatable bonds is 9. The quantitative estimate of drug-likeness (QED) is 0.479. The number of nitrogens with one attached hydrogen (secondary N) is 1. The van der Waals surface area contributed by atoms with Crippen molar-refractivity contribution < 1.29 is 13.6 Å². The summed E-state index contributed by atoms with van der Waals surface area (Å²) in [5.74, 6) is -1.17. The van der Waals surface area contributed by atoms with Crippen LogP contribution >= 0.6 is 11.8 Å². The number of anilines is 2. The van der Waals surface area contributed by atoms with E-state index < -0.39 is 17.5 Å². The zero-order valence-corrected chi connectivity index (χ0v) is 18.5. The first kappa shape index (κ1) is 22.7. The molecule has 1 heterocycles. The van der Waals surface area contributed by atoms with E-state index in [1.807, 2.05) is 23.6 Å². The lowest BCUT2D eigenvalue weighted by molar-refractivity contribution is -0.113. The normalized spacial score (nSPS) is 10.9. The van der Waals surface area contributed by atoms with Gasteiger partial charge in [-0.3, -0.25) is 4.79 Å². The molecule has 6 nitrogen and oxygen atoms in total. The number of nitrogens with zero attached hydrogens (tertiary/aromatic N) is 4. The van der Waals surface area contributed by atoms with Gasteiger partial charge in [-0.1, -0.05) is 11.8 Å². The Kier molecular flexibility index (Phi) is 7.62. The van der Waals surface area contributed by atoms with Crippen molar-refractivity contribution in [2.45, 2.75) is 32.5 Å². The van der Waals surface area contributed by atoms with E-state index in [1.165, 1.54) is 17.8 Å². The Hall–Kier alpha value is -2.94. The van der Waals surface area contributed by atoms with Crippen LogP contribution in [0.4, 0.5) is 20.2 Å². The van der Waals surface area contributed by atoms with E-state index in [2.05, 4.69) is 46.4 Å². The monoisotopic (exact) mass is 445 g/mol. The van der Waals surface area contributed by atoms with E-state index in [1.54, 1.807) is 0 Å². The number of carbonyl (C=O) groups is 1. The molecular weight excluding hydrogens is 420 g/mol. The largest absolute Gasteiger partial charge is 0.372 e. The fraction of sp³-hybridized carbons (Fsp3) is 0.318. The smallest absolute Gasteiger partial charge is 0.234 e. The summed E-state index contributed by atoms with van der Waals surface area (Å²) < 4.78 is 28.7. The minimum absolute atomic E-state index is 0.0237. The van der Waals surface area contributed by atoms with Crippen molar-refractivity contribution in [3.8, 4) is 11.4 Å². The highest BCUT2D eigenvalue weighted by Crippen LogP contribution is 2.26. The molecule has 2 aromatic carbocycles. The van der Waals surface area contributed by atoms with Gasteiger partial charge in [-0.25, -0.2) is 8.78 Å². The molecule has 0 atom stereocenters. The highest BCUT2D eigenvalue weighted by atomic mass is 32.2. The predicted molar refractivity (Wildman–Crippen MR) is 120 cm³/mol. The fourth-order valence-electron chi connectivity index (χ4n) is 3.21. The molecule has 9 heteroatoms. The van der Waals surface area contributed by atoms with Crippen LogP contribution in [-0.4, -0.2) is 39.5 Å². The minimum Gasteiger partial charge on any atom is -0.372 e. The highest BCUT2D eigenvalue weighted by molar-refractivity contribution is 7.99. The van der Waals surface area contributed by atoms with E-state index in [4.69, 9.17) is 0 Å². The zero-order chi connectivity index (χ0) is 22.4. The molecule has 3 rings (SSSR count). The lowest BCUT2D eigenvalue weighted by atomic mass is 10.2. The van der Waals surface area contributed by atoms with Gasteiger partial charge in [0, 0.05) is 37.0 Å². The fourth-order valence-corrected chi connectivity index (χ4v) is 4.01. The molecule has 0 saturated heterocycles. The molecule has 0 saturated carbocycles. The van der Waals surface area contributed by atoms with E-state index in [0.29, 0.717) is 11.7 Å². The van der Waals surface area contributed by atoms with Crippen LogP contribution in [0.2, 0.25) is 0 Å². The molecule has 1 aromatic heterocycles. The Morgan fingerprint density at radius 1 is 1.06 bits per heavy atom. The van der Waals surface area contributed by atoms with Gasteiger partial charge in [0.15, 0.2) is 11.0 Å². The second kappa shape index (κ2) is 10.4. The maximum atomic E-state index is 13.7. The van der Waals surface area contributed by atoms with E-state index in [-0.39, 0.29) is 11.4 Å². The van der Waals surface area contributed by atoms with Gasteiger partial charge in [0.05, 0.1) is 11.4 Å². The highest BCUT2D eigenvalue weighted by Gasteiger charge is 2.16. The first-order valence-electron chi connectivity index (χ1n) is 10.1. The summed E-state index contributed by atoms with van der Waals surface area (Å²) in [6, 6.07) is 11.2. The maximum Gasteiger partial charge on any atom is 0.234 e. The van der Waals surface area contributed by atoms with Crippen molar-refractivity contribution in [2.75, 3.05) is 29.1 Å². The van der Waals surface area contributed by atoms with E-state index in [0.717, 1.165) is 42.3 Å². The molecule has 0 unspecified atom stereocenters. The van der Waals surface area contributed by atoms with Gasteiger partial charge < -0.3 is 14.8 Å². The third-order valence-electron chi connectivity index (χ3n) is 4.82. The zero-order valence-electron chi connectivity index (χ0n) is 17.7. The molecule has 1 amide bonds.